The summed E-state index contributed by atoms with van der Waals surface area (Å²) in [6, 6.07) is 10.4. The van der Waals surface area contributed by atoms with Gasteiger partial charge in [0.2, 0.25) is 5.91 Å². The number of carboxylic acids is 1. The van der Waals surface area contributed by atoms with Crippen molar-refractivity contribution in [3.05, 3.63) is 53.2 Å². The number of nitrogens with zero attached hydrogens (tertiary/aromatic N) is 4. The number of carboxylic acid groups (broad SMARTS) is 1. The summed E-state index contributed by atoms with van der Waals surface area (Å²) in [5.74, 6) is -4.42. The quantitative estimate of drug-likeness (QED) is 0.295. The molecule has 0 unspecified atom stereocenters. The summed E-state index contributed by atoms with van der Waals surface area (Å²) in [5, 5.41) is 21.9. The first-order valence-corrected chi connectivity index (χ1v) is 8.68. The van der Waals surface area contributed by atoms with Gasteiger partial charge in [-0.15, -0.1) is 0 Å². The lowest BCUT2D eigenvalue weighted by atomic mass is 10.2. The first-order chi connectivity index (χ1) is 17.2. The number of H-pyrrole nitrogens is 1. The topological polar surface area (TPSA) is 148 Å². The molecule has 3 N–H and O–H groups in total. The van der Waals surface area contributed by atoms with Gasteiger partial charge in [0.1, 0.15) is 22.9 Å². The minimum atomic E-state index is -5.19. The van der Waals surface area contributed by atoms with Crippen LogP contribution in [0.4, 0.5) is 18.9 Å². The fraction of sp³-hybridized carbons (Fsp3) is 0.111. The van der Waals surface area contributed by atoms with E-state index in [0.29, 0.717) is 15.7 Å². The molecule has 0 aliphatic carbocycles. The van der Waals surface area contributed by atoms with Crippen molar-refractivity contribution in [3.8, 4) is 5.75 Å². The van der Waals surface area contributed by atoms with Gasteiger partial charge in [-0.2, -0.15) is 13.2 Å². The highest BCUT2D eigenvalue weighted by Crippen LogP contribution is 2.22. The molecule has 0 aliphatic heterocycles. The molecule has 2 aromatic heterocycles. The monoisotopic (exact) mass is 473 g/mol. The number of phenols is 1. The predicted molar refractivity (Wildman–Crippen MR) is 101 cm³/mol. The number of aromatic amines is 1. The molecule has 32 heavy (non-hydrogen) atoms. The predicted octanol–water partition coefficient (Wildman–Crippen LogP) is 0.930. The van der Waals surface area contributed by atoms with Crippen molar-refractivity contribution in [2.75, 3.05) is 5.31 Å². The fourth-order valence-corrected chi connectivity index (χ4v) is 2.47. The van der Waals surface area contributed by atoms with Crippen molar-refractivity contribution in [1.29, 1.82) is 1.43 Å². The Hall–Kier alpha value is -4.00. The molecule has 0 spiro atoms. The number of amides is 1. The van der Waals surface area contributed by atoms with Crippen LogP contribution in [0, 0.1) is 0 Å². The van der Waals surface area contributed by atoms with E-state index in [-0.39, 0.29) is 27.9 Å². The minimum Gasteiger partial charge on any atom is -0.542 e. The lowest BCUT2D eigenvalue weighted by molar-refractivity contribution is -0.554. The number of phenolic OH excluding ortho intramolecular Hbond substituents is 1. The Balaban J connectivity index is 0.000000479. The first kappa shape index (κ1) is 16.7. The number of benzene rings is 2. The number of para-hydroxylation sites is 2. The van der Waals surface area contributed by atoms with E-state index >= 15 is 0 Å². The van der Waals surface area contributed by atoms with E-state index in [2.05, 4.69) is 20.4 Å². The van der Waals surface area contributed by atoms with Crippen LogP contribution in [0.1, 0.15) is 8.44 Å². The van der Waals surface area contributed by atoms with Crippen molar-refractivity contribution in [1.82, 2.24) is 20.5 Å². The number of anilines is 1. The number of carbonyl (C=O) groups excluding carboxylic acids is 2. The maximum absolute atomic E-state index is 13.0. The van der Waals surface area contributed by atoms with Crippen LogP contribution in [0.2, 0.25) is 7.85 Å². The van der Waals surface area contributed by atoms with Crippen LogP contribution in [0.3, 0.4) is 0 Å². The van der Waals surface area contributed by atoms with E-state index in [1.165, 1.54) is 28.8 Å². The minimum absolute atomic E-state index is 0.105. The second kappa shape index (κ2) is 9.01. The van der Waals surface area contributed by atoms with Crippen LogP contribution in [0.25, 0.3) is 16.7 Å². The van der Waals surface area contributed by atoms with Gasteiger partial charge in [0.05, 0.1) is 22.4 Å². The molecule has 0 aliphatic rings. The third-order valence-electron chi connectivity index (χ3n) is 3.62. The molecule has 4 aromatic rings. The zero-order valence-electron chi connectivity index (χ0n) is 20.4. The first-order valence-electron chi connectivity index (χ1n) is 10.6. The van der Waals surface area contributed by atoms with Gasteiger partial charge in [-0.25, -0.2) is 4.98 Å². The second-order valence-electron chi connectivity index (χ2n) is 5.80. The summed E-state index contributed by atoms with van der Waals surface area (Å²) in [5.41, 5.74) is -0.119. The summed E-state index contributed by atoms with van der Waals surface area (Å²) in [7, 11) is 0. The molecule has 2 heterocycles. The average Bonchev–Trinajstić information content (AvgIpc) is 3.23. The standard InChI is InChI=1S/C16H11ClN6O2.C2HF3O2/c17-9-5-6-13-11(7-9)18-12(16-20-21-22-23(13)16)8-15(25)19-10-3-1-2-4-14(10)24;3-2(4,5)1(6)7/h1-7H,8H2,(H2,18,19,20,21,22,24,25);(H,6,7)/i8D2;/hD3. The molecule has 14 heteroatoms. The highest BCUT2D eigenvalue weighted by atomic mass is 35.5. The Morgan fingerprint density at radius 1 is 1.38 bits per heavy atom. The largest absolute Gasteiger partial charge is 0.542 e. The van der Waals surface area contributed by atoms with Crippen molar-refractivity contribution < 1.29 is 43.1 Å². The number of carbonyl (C=O) groups is 2. The number of halogens is 4. The van der Waals surface area contributed by atoms with Gasteiger partial charge in [-0.3, -0.25) is 4.79 Å². The number of fused-ring (bicyclic) bond motifs is 3. The van der Waals surface area contributed by atoms with E-state index in [0.717, 1.165) is 0 Å². The molecule has 0 radical (unpaired) electrons. The SMILES string of the molecule is O=C([O-])C(F)(F)F.[2H]Oc1ccccc1N([2H])C(=O)C([2H])([2H])c1nc2cc(Cl)ccc2[n+]2nn([2H])nc12. The van der Waals surface area contributed by atoms with Gasteiger partial charge in [0, 0.05) is 7.76 Å². The summed E-state index contributed by atoms with van der Waals surface area (Å²) < 4.78 is 72.4. The van der Waals surface area contributed by atoms with Gasteiger partial charge in [-0.05, 0) is 35.5 Å². The van der Waals surface area contributed by atoms with E-state index in [9.17, 15) is 18.0 Å². The van der Waals surface area contributed by atoms with Gasteiger partial charge >= 0.3 is 13.2 Å². The van der Waals surface area contributed by atoms with Crippen LogP contribution in [-0.4, -0.2) is 45.1 Å². The number of tetrazole rings is 1. The molecule has 0 atom stereocenters. The molecular weight excluding hydrogens is 457 g/mol. The number of alkyl halides is 3. The van der Waals surface area contributed by atoms with Gasteiger partial charge in [0.25, 0.3) is 1.43 Å². The van der Waals surface area contributed by atoms with Crippen molar-refractivity contribution >= 4 is 45.8 Å². The number of rotatable bonds is 4. The highest BCUT2D eigenvalue weighted by Gasteiger charge is 2.28. The van der Waals surface area contributed by atoms with E-state index < -0.39 is 30.1 Å². The van der Waals surface area contributed by atoms with Gasteiger partial charge in [0.15, 0.2) is 6.93 Å². The number of hydrogen-bond acceptors (Lipinski definition) is 7. The Labute approximate surface area is 188 Å². The number of aromatic nitrogens is 5. The number of aromatic hydroxyl groups is 1. The fourth-order valence-electron chi connectivity index (χ4n) is 2.30. The Morgan fingerprint density at radius 2 is 2.09 bits per heavy atom. The molecule has 2 aromatic carbocycles. The van der Waals surface area contributed by atoms with Gasteiger partial charge in [-0.1, -0.05) is 28.2 Å². The van der Waals surface area contributed by atoms with Crippen LogP contribution in [0.5, 0.6) is 5.75 Å². The van der Waals surface area contributed by atoms with Crippen molar-refractivity contribution in [3.63, 3.8) is 0 Å². The zero-order chi connectivity index (χ0) is 27.7. The smallest absolute Gasteiger partial charge is 0.430 e. The summed E-state index contributed by atoms with van der Waals surface area (Å²) in [6.07, 6.45) is -8.03. The number of nitrogens with one attached hydrogen (secondary N) is 2. The molecule has 1 amide bonds. The average molecular weight is 474 g/mol. The molecule has 0 saturated carbocycles. The third kappa shape index (κ3) is 5.18. The summed E-state index contributed by atoms with van der Waals surface area (Å²) in [4.78, 5) is 26.0. The summed E-state index contributed by atoms with van der Waals surface area (Å²) in [6.45, 7) is 0. The molecule has 0 saturated heterocycles. The van der Waals surface area contributed by atoms with Crippen LogP contribution >= 0.6 is 11.6 Å². The molecule has 0 fully saturated rings. The lowest BCUT2D eigenvalue weighted by Crippen LogP contribution is -2.37. The maximum atomic E-state index is 13.0. The van der Waals surface area contributed by atoms with Crippen molar-refractivity contribution in [2.45, 2.75) is 12.5 Å². The van der Waals surface area contributed by atoms with Crippen LogP contribution in [-0.2, 0) is 16.0 Å². The maximum Gasteiger partial charge on any atom is 0.430 e. The Morgan fingerprint density at radius 3 is 2.78 bits per heavy atom. The van der Waals surface area contributed by atoms with Crippen LogP contribution < -0.4 is 14.9 Å². The highest BCUT2D eigenvalue weighted by molar-refractivity contribution is 6.31. The van der Waals surface area contributed by atoms with E-state index in [4.69, 9.17) is 28.5 Å². The molecular formula is C18H12ClF3N6O4. The third-order valence-corrected chi connectivity index (χ3v) is 3.86. The lowest BCUT2D eigenvalue weighted by Gasteiger charge is -2.06. The summed E-state index contributed by atoms with van der Waals surface area (Å²) >= 11 is 6.01. The molecule has 0 bridgehead atoms. The van der Waals surface area contributed by atoms with Gasteiger partial charge < -0.3 is 20.3 Å². The van der Waals surface area contributed by atoms with E-state index in [1.807, 2.05) is 0 Å². The van der Waals surface area contributed by atoms with Crippen molar-refractivity contribution in [2.24, 2.45) is 0 Å². The zero-order valence-corrected chi connectivity index (χ0v) is 16.1. The number of hydrogen-bond donors (Lipinski definition) is 3. The van der Waals surface area contributed by atoms with E-state index in [1.54, 1.807) is 18.2 Å². The molecule has 4 rings (SSSR count). The second-order valence-corrected chi connectivity index (χ2v) is 6.24. The Kier molecular flexibility index (Phi) is 4.69. The normalized spacial score (nSPS) is 13.7. The number of aliphatic carboxylic acids is 1. The van der Waals surface area contributed by atoms with Crippen LogP contribution in [0.15, 0.2) is 42.5 Å². The Bertz CT molecular complexity index is 1510. The molecule has 10 nitrogen and oxygen atoms in total. The molecule has 166 valence electrons.